The smallest absolute Gasteiger partial charge is 0.254 e. The minimum atomic E-state index is -0.0615. The lowest BCUT2D eigenvalue weighted by molar-refractivity contribution is 0.0955. The number of nitrogens with zero attached hydrogens (tertiary/aromatic N) is 2. The predicted molar refractivity (Wildman–Crippen MR) is 107 cm³/mol. The van der Waals surface area contributed by atoms with Gasteiger partial charge in [-0.25, -0.2) is 4.68 Å². The highest BCUT2D eigenvalue weighted by Gasteiger charge is 2.16. The predicted octanol–water partition coefficient (Wildman–Crippen LogP) is 4.27. The third-order valence-corrected chi connectivity index (χ3v) is 5.14. The summed E-state index contributed by atoms with van der Waals surface area (Å²) in [6.07, 6.45) is 2.41. The molecule has 0 fully saturated rings. The molecule has 134 valence electrons. The summed E-state index contributed by atoms with van der Waals surface area (Å²) in [5.41, 5.74) is 3.81. The van der Waals surface area contributed by atoms with Gasteiger partial charge in [-0.15, -0.1) is 11.8 Å². The van der Waals surface area contributed by atoms with Crippen LogP contribution in [0.5, 0.6) is 0 Å². The molecule has 0 unspecified atom stereocenters. The molecule has 0 aliphatic heterocycles. The first-order valence-electron chi connectivity index (χ1n) is 8.79. The summed E-state index contributed by atoms with van der Waals surface area (Å²) >= 11 is 1.74. The van der Waals surface area contributed by atoms with Gasteiger partial charge in [-0.05, 0) is 37.6 Å². The minimum Gasteiger partial charge on any atom is -0.351 e. The normalized spacial score (nSPS) is 10.7. The van der Waals surface area contributed by atoms with Crippen molar-refractivity contribution in [3.63, 3.8) is 0 Å². The summed E-state index contributed by atoms with van der Waals surface area (Å²) < 4.78 is 1.84. The van der Waals surface area contributed by atoms with Gasteiger partial charge >= 0.3 is 0 Å². The van der Waals surface area contributed by atoms with Gasteiger partial charge in [0, 0.05) is 17.2 Å². The number of carbonyl (C=O) groups excluding carboxylic acids is 1. The molecule has 0 aliphatic rings. The highest BCUT2D eigenvalue weighted by Crippen LogP contribution is 2.18. The van der Waals surface area contributed by atoms with Crippen LogP contribution >= 0.6 is 11.8 Å². The number of amides is 1. The maximum atomic E-state index is 12.6. The second-order valence-corrected chi connectivity index (χ2v) is 7.19. The average molecular weight is 366 g/mol. The van der Waals surface area contributed by atoms with Gasteiger partial charge in [-0.3, -0.25) is 4.79 Å². The summed E-state index contributed by atoms with van der Waals surface area (Å²) in [5.74, 6) is 0.775. The Balaban J connectivity index is 1.59. The van der Waals surface area contributed by atoms with E-state index in [1.54, 1.807) is 18.0 Å². The molecular weight excluding hydrogens is 342 g/mol. The molecule has 2 aromatic carbocycles. The van der Waals surface area contributed by atoms with Crippen LogP contribution in [0.15, 0.2) is 65.7 Å². The van der Waals surface area contributed by atoms with Crippen LogP contribution in [0.1, 0.15) is 28.5 Å². The van der Waals surface area contributed by atoms with Gasteiger partial charge in [-0.2, -0.15) is 5.10 Å². The van der Waals surface area contributed by atoms with Crippen molar-refractivity contribution in [1.29, 1.82) is 0 Å². The highest BCUT2D eigenvalue weighted by atomic mass is 32.2. The fraction of sp³-hybridized carbons (Fsp3) is 0.238. The topological polar surface area (TPSA) is 46.9 Å². The molecule has 1 heterocycles. The van der Waals surface area contributed by atoms with Crippen LogP contribution < -0.4 is 5.32 Å². The van der Waals surface area contributed by atoms with Gasteiger partial charge in [0.15, 0.2) is 0 Å². The molecule has 3 rings (SSSR count). The van der Waals surface area contributed by atoms with Crippen molar-refractivity contribution in [1.82, 2.24) is 15.1 Å². The second kappa shape index (κ2) is 8.72. The molecule has 0 aliphatic carbocycles. The van der Waals surface area contributed by atoms with Crippen LogP contribution in [0, 0.1) is 6.92 Å². The largest absolute Gasteiger partial charge is 0.351 e. The first kappa shape index (κ1) is 18.3. The number of aryl methyl sites for hydroxylation is 1. The monoisotopic (exact) mass is 365 g/mol. The lowest BCUT2D eigenvalue weighted by Crippen LogP contribution is -2.26. The van der Waals surface area contributed by atoms with Gasteiger partial charge in [0.2, 0.25) is 0 Å². The van der Waals surface area contributed by atoms with Crippen LogP contribution in [0.25, 0.3) is 5.69 Å². The third kappa shape index (κ3) is 4.35. The first-order chi connectivity index (χ1) is 12.7. The molecule has 0 radical (unpaired) electrons. The number of hydrogen-bond acceptors (Lipinski definition) is 3. The molecule has 0 saturated carbocycles. The van der Waals surface area contributed by atoms with Crippen molar-refractivity contribution >= 4 is 17.7 Å². The van der Waals surface area contributed by atoms with Crippen molar-refractivity contribution < 1.29 is 4.79 Å². The molecule has 26 heavy (non-hydrogen) atoms. The Labute approximate surface area is 158 Å². The number of thioether (sulfide) groups is 1. The van der Waals surface area contributed by atoms with Crippen molar-refractivity contribution in [2.24, 2.45) is 0 Å². The number of rotatable bonds is 7. The molecule has 1 aromatic heterocycles. The van der Waals surface area contributed by atoms with E-state index in [9.17, 15) is 4.79 Å². The van der Waals surface area contributed by atoms with Gasteiger partial charge in [0.05, 0.1) is 23.1 Å². The molecule has 0 atom stereocenters. The quantitative estimate of drug-likeness (QED) is 0.502. The lowest BCUT2D eigenvalue weighted by atomic mass is 10.2. The Morgan fingerprint density at radius 1 is 1.12 bits per heavy atom. The van der Waals surface area contributed by atoms with E-state index in [-0.39, 0.29) is 5.91 Å². The lowest BCUT2D eigenvalue weighted by Gasteiger charge is -2.08. The van der Waals surface area contributed by atoms with E-state index in [1.807, 2.05) is 41.9 Å². The molecule has 0 saturated heterocycles. The van der Waals surface area contributed by atoms with E-state index >= 15 is 0 Å². The number of hydrogen-bond donors (Lipinski definition) is 1. The molecule has 5 heteroatoms. The fourth-order valence-electron chi connectivity index (χ4n) is 2.76. The van der Waals surface area contributed by atoms with Gasteiger partial charge < -0.3 is 5.32 Å². The summed E-state index contributed by atoms with van der Waals surface area (Å²) in [6.45, 7) is 4.74. The molecular formula is C21H23N3OS. The number of benzene rings is 2. The molecule has 1 N–H and O–H groups in total. The van der Waals surface area contributed by atoms with E-state index in [0.717, 1.165) is 23.6 Å². The standard InChI is InChI=1S/C21H23N3OS/c1-3-20-19(15-23-24(20)17-7-5-4-6-8-17)21(25)22-13-14-26-18-11-9-16(2)10-12-18/h4-12,15H,3,13-14H2,1-2H3,(H,22,25). The van der Waals surface area contributed by atoms with Gasteiger partial charge in [-0.1, -0.05) is 42.8 Å². The molecule has 0 spiro atoms. The summed E-state index contributed by atoms with van der Waals surface area (Å²) in [5, 5.41) is 7.42. The van der Waals surface area contributed by atoms with Crippen LogP contribution in [0.4, 0.5) is 0 Å². The number of carbonyl (C=O) groups is 1. The van der Waals surface area contributed by atoms with Crippen LogP contribution in [-0.2, 0) is 6.42 Å². The Morgan fingerprint density at radius 2 is 1.85 bits per heavy atom. The zero-order valence-electron chi connectivity index (χ0n) is 15.1. The third-order valence-electron chi connectivity index (χ3n) is 4.13. The Kier molecular flexibility index (Phi) is 6.12. The van der Waals surface area contributed by atoms with Gasteiger partial charge in [0.25, 0.3) is 5.91 Å². The van der Waals surface area contributed by atoms with E-state index in [2.05, 4.69) is 41.6 Å². The first-order valence-corrected chi connectivity index (χ1v) is 9.77. The number of para-hydroxylation sites is 1. The van der Waals surface area contributed by atoms with Crippen LogP contribution in [0.2, 0.25) is 0 Å². The van der Waals surface area contributed by atoms with Crippen molar-refractivity contribution in [2.75, 3.05) is 12.3 Å². The Morgan fingerprint density at radius 3 is 2.54 bits per heavy atom. The number of aromatic nitrogens is 2. The van der Waals surface area contributed by atoms with Crippen molar-refractivity contribution in [3.05, 3.63) is 77.6 Å². The highest BCUT2D eigenvalue weighted by molar-refractivity contribution is 7.99. The van der Waals surface area contributed by atoms with Crippen molar-refractivity contribution in [3.8, 4) is 5.69 Å². The zero-order chi connectivity index (χ0) is 18.4. The minimum absolute atomic E-state index is 0.0615. The van der Waals surface area contributed by atoms with Crippen LogP contribution in [-0.4, -0.2) is 28.0 Å². The summed E-state index contributed by atoms with van der Waals surface area (Å²) in [4.78, 5) is 13.8. The van der Waals surface area contributed by atoms with Crippen LogP contribution in [0.3, 0.4) is 0 Å². The van der Waals surface area contributed by atoms with E-state index in [0.29, 0.717) is 12.1 Å². The summed E-state index contributed by atoms with van der Waals surface area (Å²) in [7, 11) is 0. The second-order valence-electron chi connectivity index (χ2n) is 6.02. The van der Waals surface area contributed by atoms with Crippen molar-refractivity contribution in [2.45, 2.75) is 25.2 Å². The SMILES string of the molecule is CCc1c(C(=O)NCCSc2ccc(C)cc2)cnn1-c1ccccc1. The Hall–Kier alpha value is -2.53. The van der Waals surface area contributed by atoms with E-state index in [4.69, 9.17) is 0 Å². The molecule has 4 nitrogen and oxygen atoms in total. The average Bonchev–Trinajstić information content (AvgIpc) is 3.11. The molecule has 3 aromatic rings. The number of nitrogens with one attached hydrogen (secondary N) is 1. The van der Waals surface area contributed by atoms with Gasteiger partial charge in [0.1, 0.15) is 0 Å². The van der Waals surface area contributed by atoms with E-state index < -0.39 is 0 Å². The molecule has 1 amide bonds. The maximum absolute atomic E-state index is 12.6. The maximum Gasteiger partial charge on any atom is 0.254 e. The molecule has 0 bridgehead atoms. The zero-order valence-corrected chi connectivity index (χ0v) is 15.9. The Bertz CT molecular complexity index is 857. The fourth-order valence-corrected chi connectivity index (χ4v) is 3.53. The summed E-state index contributed by atoms with van der Waals surface area (Å²) in [6, 6.07) is 18.3. The van der Waals surface area contributed by atoms with E-state index in [1.165, 1.54) is 10.5 Å².